The van der Waals surface area contributed by atoms with Crippen molar-refractivity contribution in [3.63, 3.8) is 0 Å². The third kappa shape index (κ3) is 8.95. The predicted octanol–water partition coefficient (Wildman–Crippen LogP) is 2.71. The molecule has 0 bridgehead atoms. The molecular weight excluding hydrogens is 457 g/mol. The summed E-state index contributed by atoms with van der Waals surface area (Å²) >= 11 is 11.1. The van der Waals surface area contributed by atoms with Gasteiger partial charge in [0.2, 0.25) is 0 Å². The number of hydrogen-bond acceptors (Lipinski definition) is 5. The van der Waals surface area contributed by atoms with Gasteiger partial charge in [0, 0.05) is 25.2 Å². The fourth-order valence-corrected chi connectivity index (χ4v) is 2.48. The summed E-state index contributed by atoms with van der Waals surface area (Å²) in [5, 5.41) is 14.7. The first kappa shape index (κ1) is 24.6. The van der Waals surface area contributed by atoms with Gasteiger partial charge in [-0.25, -0.2) is 8.78 Å². The predicted molar refractivity (Wildman–Crippen MR) is 110 cm³/mol. The number of nitrogens with one attached hydrogen (secondary N) is 2. The van der Waals surface area contributed by atoms with Gasteiger partial charge in [0.05, 0.1) is 16.1 Å². The second-order valence-electron chi connectivity index (χ2n) is 6.33. The monoisotopic (exact) mass is 476 g/mol. The lowest BCUT2D eigenvalue weighted by atomic mass is 10.2. The average molecular weight is 477 g/mol. The average Bonchev–Trinajstić information content (AvgIpc) is 2.74. The van der Waals surface area contributed by atoms with Crippen molar-refractivity contribution in [3.8, 4) is 11.5 Å². The molecule has 2 aromatic carbocycles. The number of carbonyl (C=O) groups is 2. The normalized spacial score (nSPS) is 11.5. The molecule has 2 rings (SSSR count). The van der Waals surface area contributed by atoms with E-state index in [1.807, 2.05) is 0 Å². The van der Waals surface area contributed by atoms with E-state index >= 15 is 0 Å². The first-order valence-electron chi connectivity index (χ1n) is 9.11. The first-order chi connectivity index (χ1) is 14.7. The molecule has 0 saturated carbocycles. The molecule has 7 nitrogen and oxygen atoms in total. The van der Waals surface area contributed by atoms with Gasteiger partial charge in [0.15, 0.2) is 13.2 Å². The van der Waals surface area contributed by atoms with Gasteiger partial charge in [0.25, 0.3) is 11.8 Å². The van der Waals surface area contributed by atoms with E-state index in [9.17, 15) is 23.5 Å². The maximum absolute atomic E-state index is 13.3. The summed E-state index contributed by atoms with van der Waals surface area (Å²) in [6, 6.07) is 7.59. The number of rotatable bonds is 11. The summed E-state index contributed by atoms with van der Waals surface area (Å²) in [7, 11) is 0. The third-order valence-corrected chi connectivity index (χ3v) is 4.47. The van der Waals surface area contributed by atoms with Crippen LogP contribution in [-0.2, 0) is 9.59 Å². The minimum Gasteiger partial charge on any atom is -0.484 e. The van der Waals surface area contributed by atoms with Gasteiger partial charge < -0.3 is 25.2 Å². The second kappa shape index (κ2) is 12.3. The number of ether oxygens (including phenoxy) is 2. The molecular formula is C20H20Cl2F2N2O5. The highest BCUT2D eigenvalue weighted by molar-refractivity contribution is 6.31. The maximum Gasteiger partial charge on any atom is 0.258 e. The van der Waals surface area contributed by atoms with Crippen molar-refractivity contribution in [1.29, 1.82) is 0 Å². The Bertz CT molecular complexity index is 917. The lowest BCUT2D eigenvalue weighted by Gasteiger charge is -2.13. The Morgan fingerprint density at radius 1 is 0.903 bits per heavy atom. The van der Waals surface area contributed by atoms with Crippen molar-refractivity contribution in [2.45, 2.75) is 12.5 Å². The Kier molecular flexibility index (Phi) is 9.77. The molecule has 1 atom stereocenters. The van der Waals surface area contributed by atoms with Crippen molar-refractivity contribution >= 4 is 35.0 Å². The third-order valence-electron chi connectivity index (χ3n) is 3.86. The fraction of sp³-hybridized carbons (Fsp3) is 0.300. The Balaban J connectivity index is 1.57. The summed E-state index contributed by atoms with van der Waals surface area (Å²) < 4.78 is 36.9. The molecule has 0 aliphatic rings. The van der Waals surface area contributed by atoms with Gasteiger partial charge in [-0.1, -0.05) is 23.2 Å². The number of benzene rings is 2. The van der Waals surface area contributed by atoms with Crippen molar-refractivity contribution in [2.24, 2.45) is 0 Å². The molecule has 0 aliphatic heterocycles. The van der Waals surface area contributed by atoms with E-state index in [0.717, 1.165) is 12.1 Å². The highest BCUT2D eigenvalue weighted by Gasteiger charge is 2.10. The van der Waals surface area contributed by atoms with E-state index in [1.165, 1.54) is 24.3 Å². The van der Waals surface area contributed by atoms with Crippen LogP contribution in [0.4, 0.5) is 8.78 Å². The fourth-order valence-electron chi connectivity index (χ4n) is 2.25. The van der Waals surface area contributed by atoms with Crippen LogP contribution in [0.2, 0.25) is 10.0 Å². The molecule has 0 radical (unpaired) electrons. The number of aliphatic hydroxyl groups is 1. The molecule has 0 saturated heterocycles. The molecule has 3 N–H and O–H groups in total. The van der Waals surface area contributed by atoms with Crippen molar-refractivity contribution in [3.05, 3.63) is 58.1 Å². The van der Waals surface area contributed by atoms with Gasteiger partial charge in [-0.3, -0.25) is 9.59 Å². The number of halogens is 4. The maximum atomic E-state index is 13.3. The van der Waals surface area contributed by atoms with E-state index in [4.69, 9.17) is 32.7 Å². The molecule has 0 spiro atoms. The molecule has 0 fully saturated rings. The standard InChI is InChI=1S/C20H20Cl2F2N2O5/c21-15-3-1-13(7-17(15)23)30-10-19(28)25-6-5-12(27)9-26-20(29)11-31-14-2-4-16(22)18(24)8-14/h1-4,7-8,12,27H,5-6,9-11H2,(H,25,28)(H,26,29)/t12-/m0/s1. The zero-order chi connectivity index (χ0) is 22.8. The molecule has 2 amide bonds. The van der Waals surface area contributed by atoms with Crippen LogP contribution in [0.15, 0.2) is 36.4 Å². The van der Waals surface area contributed by atoms with E-state index < -0.39 is 29.6 Å². The summed E-state index contributed by atoms with van der Waals surface area (Å²) in [6.07, 6.45) is -0.742. The van der Waals surface area contributed by atoms with Crippen LogP contribution in [0.1, 0.15) is 6.42 Å². The van der Waals surface area contributed by atoms with Crippen molar-refractivity contribution < 1.29 is 33.0 Å². The highest BCUT2D eigenvalue weighted by Crippen LogP contribution is 2.21. The summed E-state index contributed by atoms with van der Waals surface area (Å²) in [4.78, 5) is 23.5. The van der Waals surface area contributed by atoms with Crippen molar-refractivity contribution in [1.82, 2.24) is 10.6 Å². The van der Waals surface area contributed by atoms with Crippen molar-refractivity contribution in [2.75, 3.05) is 26.3 Å². The SMILES string of the molecule is O=C(COc1ccc(Cl)c(F)c1)NCC[C@H](O)CNC(=O)COc1ccc(Cl)c(F)c1. The van der Waals surface area contributed by atoms with Crippen LogP contribution in [0.3, 0.4) is 0 Å². The smallest absolute Gasteiger partial charge is 0.258 e. The number of aliphatic hydroxyl groups excluding tert-OH is 1. The van der Waals surface area contributed by atoms with E-state index in [2.05, 4.69) is 10.6 Å². The van der Waals surface area contributed by atoms with Gasteiger partial charge in [-0.05, 0) is 30.7 Å². The Hall–Kier alpha value is -2.62. The lowest BCUT2D eigenvalue weighted by Crippen LogP contribution is -2.37. The van der Waals surface area contributed by atoms with E-state index in [0.29, 0.717) is 0 Å². The van der Waals surface area contributed by atoms with Crippen LogP contribution in [0.25, 0.3) is 0 Å². The minimum absolute atomic E-state index is 0.0525. The van der Waals surface area contributed by atoms with E-state index in [1.54, 1.807) is 0 Å². The summed E-state index contributed by atoms with van der Waals surface area (Å²) in [5.41, 5.74) is 0. The van der Waals surface area contributed by atoms with Gasteiger partial charge in [0.1, 0.15) is 23.1 Å². The zero-order valence-corrected chi connectivity index (χ0v) is 17.7. The van der Waals surface area contributed by atoms with Crippen LogP contribution < -0.4 is 20.1 Å². The molecule has 11 heteroatoms. The molecule has 0 aliphatic carbocycles. The van der Waals surface area contributed by atoms with Gasteiger partial charge >= 0.3 is 0 Å². The van der Waals surface area contributed by atoms with Gasteiger partial charge in [-0.15, -0.1) is 0 Å². The Labute approximate surface area is 187 Å². The summed E-state index contributed by atoms with van der Waals surface area (Å²) in [6.45, 7) is -0.633. The minimum atomic E-state index is -0.913. The van der Waals surface area contributed by atoms with E-state index in [-0.39, 0.29) is 54.3 Å². The topological polar surface area (TPSA) is 96.9 Å². The second-order valence-corrected chi connectivity index (χ2v) is 7.14. The number of amides is 2. The summed E-state index contributed by atoms with van der Waals surface area (Å²) in [5.74, 6) is -2.00. The number of hydrogen-bond donors (Lipinski definition) is 3. The number of carbonyl (C=O) groups excluding carboxylic acids is 2. The van der Waals surface area contributed by atoms with Gasteiger partial charge in [-0.2, -0.15) is 0 Å². The lowest BCUT2D eigenvalue weighted by molar-refractivity contribution is -0.124. The molecule has 0 heterocycles. The quantitative estimate of drug-likeness (QED) is 0.463. The molecule has 31 heavy (non-hydrogen) atoms. The van der Waals surface area contributed by atoms with Crippen LogP contribution in [0.5, 0.6) is 11.5 Å². The van der Waals surface area contributed by atoms with Crippen LogP contribution in [-0.4, -0.2) is 49.3 Å². The molecule has 168 valence electrons. The zero-order valence-electron chi connectivity index (χ0n) is 16.2. The van der Waals surface area contributed by atoms with Crippen LogP contribution in [0, 0.1) is 11.6 Å². The Morgan fingerprint density at radius 3 is 1.87 bits per heavy atom. The first-order valence-corrected chi connectivity index (χ1v) is 9.87. The Morgan fingerprint density at radius 2 is 1.39 bits per heavy atom. The molecule has 0 unspecified atom stereocenters. The van der Waals surface area contributed by atoms with Crippen LogP contribution >= 0.6 is 23.2 Å². The molecule has 2 aromatic rings. The molecule has 0 aromatic heterocycles. The highest BCUT2D eigenvalue weighted by atomic mass is 35.5. The largest absolute Gasteiger partial charge is 0.484 e.